The van der Waals surface area contributed by atoms with Gasteiger partial charge in [-0.2, -0.15) is 0 Å². The van der Waals surface area contributed by atoms with Gasteiger partial charge in [0.25, 0.3) is 0 Å². The number of para-hydroxylation sites is 1. The molecule has 238 valence electrons. The maximum Gasteiger partial charge on any atom is 0.129 e. The van der Waals surface area contributed by atoms with Crippen LogP contribution in [0, 0.1) is 0 Å². The van der Waals surface area contributed by atoms with Crippen molar-refractivity contribution in [2.45, 2.75) is 51.9 Å². The van der Waals surface area contributed by atoms with E-state index < -0.39 is 0 Å². The highest BCUT2D eigenvalue weighted by molar-refractivity contribution is 7.21. The molecule has 4 heteroatoms. The van der Waals surface area contributed by atoms with Crippen LogP contribution in [0.25, 0.3) is 43.2 Å². The third-order valence-electron chi connectivity index (χ3n) is 9.45. The van der Waals surface area contributed by atoms with Crippen LogP contribution in [0.3, 0.4) is 0 Å². The second-order valence-electron chi connectivity index (χ2n) is 13.7. The molecule has 0 aliphatic rings. The van der Waals surface area contributed by atoms with Crippen molar-refractivity contribution in [3.05, 3.63) is 161 Å². The summed E-state index contributed by atoms with van der Waals surface area (Å²) >= 11 is 1.63. The molecule has 7 rings (SSSR count). The van der Waals surface area contributed by atoms with Crippen molar-refractivity contribution in [2.24, 2.45) is 0 Å². The lowest BCUT2D eigenvalue weighted by molar-refractivity contribution is 0.468. The van der Waals surface area contributed by atoms with E-state index in [4.69, 9.17) is 4.98 Å². The molecule has 48 heavy (non-hydrogen) atoms. The molecule has 1 N–H and O–H groups in total. The van der Waals surface area contributed by atoms with Crippen LogP contribution in [0.5, 0.6) is 5.75 Å². The van der Waals surface area contributed by atoms with Gasteiger partial charge in [0, 0.05) is 34.7 Å². The van der Waals surface area contributed by atoms with Gasteiger partial charge in [0.05, 0.1) is 21.5 Å². The zero-order chi connectivity index (χ0) is 33.4. The van der Waals surface area contributed by atoms with Gasteiger partial charge in [-0.25, -0.2) is 4.98 Å². The smallest absolute Gasteiger partial charge is 0.129 e. The number of rotatable bonds is 7. The Bertz CT molecular complexity index is 2200. The lowest BCUT2D eigenvalue weighted by Gasteiger charge is -2.21. The highest BCUT2D eigenvalue weighted by Crippen LogP contribution is 2.45. The van der Waals surface area contributed by atoms with Gasteiger partial charge < -0.3 is 5.11 Å². The molecule has 5 aromatic carbocycles. The zero-order valence-corrected chi connectivity index (χ0v) is 28.9. The number of thiazole rings is 1. The van der Waals surface area contributed by atoms with E-state index in [0.29, 0.717) is 5.75 Å². The molecule has 0 amide bonds. The van der Waals surface area contributed by atoms with E-state index in [1.807, 2.05) is 24.4 Å². The molecule has 0 aliphatic heterocycles. The van der Waals surface area contributed by atoms with E-state index >= 15 is 0 Å². The van der Waals surface area contributed by atoms with Crippen molar-refractivity contribution < 1.29 is 5.11 Å². The summed E-state index contributed by atoms with van der Waals surface area (Å²) in [6.45, 7) is 11.1. The minimum Gasteiger partial charge on any atom is -0.507 e. The molecular weight excluding hydrogens is 605 g/mol. The van der Waals surface area contributed by atoms with Gasteiger partial charge in [-0.1, -0.05) is 126 Å². The summed E-state index contributed by atoms with van der Waals surface area (Å²) in [7, 11) is 0. The average molecular weight is 645 g/mol. The maximum absolute atomic E-state index is 12.0. The molecule has 0 aliphatic carbocycles. The summed E-state index contributed by atoms with van der Waals surface area (Å²) < 4.78 is 1.08. The van der Waals surface area contributed by atoms with Gasteiger partial charge >= 0.3 is 0 Å². The lowest BCUT2D eigenvalue weighted by atomic mass is 9.83. The molecule has 2 atom stereocenters. The molecule has 0 spiro atoms. The van der Waals surface area contributed by atoms with Crippen molar-refractivity contribution in [2.75, 3.05) is 0 Å². The van der Waals surface area contributed by atoms with Gasteiger partial charge in [0.1, 0.15) is 10.8 Å². The first-order valence-corrected chi connectivity index (χ1v) is 17.4. The van der Waals surface area contributed by atoms with Crippen LogP contribution in [-0.4, -0.2) is 15.1 Å². The van der Waals surface area contributed by atoms with E-state index in [9.17, 15) is 5.11 Å². The average Bonchev–Trinajstić information content (AvgIpc) is 3.56. The van der Waals surface area contributed by atoms with Crippen LogP contribution in [0.4, 0.5) is 0 Å². The number of aromatic hydroxyl groups is 1. The van der Waals surface area contributed by atoms with Gasteiger partial charge in [0.15, 0.2) is 0 Å². The summed E-state index contributed by atoms with van der Waals surface area (Å²) in [6.07, 6.45) is 1.85. The Labute approximate surface area is 287 Å². The van der Waals surface area contributed by atoms with E-state index in [-0.39, 0.29) is 17.3 Å². The molecule has 2 heterocycles. The minimum absolute atomic E-state index is 0.00275. The van der Waals surface area contributed by atoms with Gasteiger partial charge in [0.2, 0.25) is 0 Å². The summed E-state index contributed by atoms with van der Waals surface area (Å²) in [5, 5.41) is 12.8. The normalized spacial score (nSPS) is 13.0. The molecule has 0 fully saturated rings. The Morgan fingerprint density at radius 1 is 0.625 bits per heavy atom. The van der Waals surface area contributed by atoms with Gasteiger partial charge in [-0.15, -0.1) is 11.3 Å². The maximum atomic E-state index is 12.0. The Balaban J connectivity index is 1.40. The SMILES string of the molecule is CC(c1ccccc1)c1cc(-c2nc3c(-c4cc(-c5ccccn5)cc(C(C)(C)C)c4)cccc3s2)c(O)c(C(C)c2ccccc2)c1. The fourth-order valence-electron chi connectivity index (χ4n) is 6.47. The Kier molecular flexibility index (Phi) is 8.45. The third-order valence-corrected chi connectivity index (χ3v) is 10.5. The Hall–Kier alpha value is -5.06. The standard InChI is InChI=1S/C44H40N2OS/c1-28(30-15-8-6-9-16-30)32-26-37(29(2)31-17-10-7-11-18-31)42(47)38(27-32)43-46-41-36(19-14-21-40(41)48-43)33-23-34(39-20-12-13-22-45-39)25-35(24-33)44(3,4)5/h6-29,47H,1-5H3. The van der Waals surface area contributed by atoms with Crippen LogP contribution < -0.4 is 0 Å². The quantitative estimate of drug-likeness (QED) is 0.188. The molecule has 3 nitrogen and oxygen atoms in total. The van der Waals surface area contributed by atoms with Crippen LogP contribution in [-0.2, 0) is 5.41 Å². The molecule has 0 bridgehead atoms. The van der Waals surface area contributed by atoms with Crippen LogP contribution >= 0.6 is 11.3 Å². The summed E-state index contributed by atoms with van der Waals surface area (Å²) in [5.41, 5.74) is 11.6. The minimum atomic E-state index is -0.0474. The van der Waals surface area contributed by atoms with Crippen molar-refractivity contribution in [1.29, 1.82) is 0 Å². The monoisotopic (exact) mass is 644 g/mol. The molecule has 7 aromatic rings. The van der Waals surface area contributed by atoms with Gasteiger partial charge in [-0.3, -0.25) is 4.98 Å². The number of fused-ring (bicyclic) bond motifs is 1. The molecule has 0 radical (unpaired) electrons. The fourth-order valence-corrected chi connectivity index (χ4v) is 7.48. The number of aromatic nitrogens is 2. The predicted molar refractivity (Wildman–Crippen MR) is 202 cm³/mol. The summed E-state index contributed by atoms with van der Waals surface area (Å²) in [6, 6.07) is 44.5. The van der Waals surface area contributed by atoms with Crippen molar-refractivity contribution in [3.63, 3.8) is 0 Å². The third kappa shape index (κ3) is 6.16. The Morgan fingerprint density at radius 2 is 1.29 bits per heavy atom. The van der Waals surface area contributed by atoms with Crippen LogP contribution in [0.2, 0.25) is 0 Å². The first kappa shape index (κ1) is 31.5. The summed E-state index contributed by atoms with van der Waals surface area (Å²) in [4.78, 5) is 9.97. The highest BCUT2D eigenvalue weighted by Gasteiger charge is 2.24. The molecule has 0 saturated carbocycles. The molecule has 0 saturated heterocycles. The highest BCUT2D eigenvalue weighted by atomic mass is 32.1. The van der Waals surface area contributed by atoms with E-state index in [0.717, 1.165) is 59.9 Å². The van der Waals surface area contributed by atoms with Crippen LogP contribution in [0.15, 0.2) is 134 Å². The van der Waals surface area contributed by atoms with Crippen molar-refractivity contribution in [3.8, 4) is 38.7 Å². The number of hydrogen-bond acceptors (Lipinski definition) is 4. The second kappa shape index (κ2) is 12.9. The molecule has 2 aromatic heterocycles. The number of phenolic OH excluding ortho intramolecular Hbond substituents is 1. The van der Waals surface area contributed by atoms with Crippen molar-refractivity contribution in [1.82, 2.24) is 9.97 Å². The first-order valence-electron chi connectivity index (χ1n) is 16.6. The lowest BCUT2D eigenvalue weighted by Crippen LogP contribution is -2.11. The molecule has 2 unspecified atom stereocenters. The van der Waals surface area contributed by atoms with Gasteiger partial charge in [-0.05, 0) is 69.6 Å². The van der Waals surface area contributed by atoms with E-state index in [1.54, 1.807) is 11.3 Å². The number of nitrogens with zero attached hydrogens (tertiary/aromatic N) is 2. The number of phenols is 1. The van der Waals surface area contributed by atoms with Crippen LogP contribution in [0.1, 0.15) is 74.3 Å². The number of pyridine rings is 1. The topological polar surface area (TPSA) is 46.0 Å². The summed E-state index contributed by atoms with van der Waals surface area (Å²) in [5.74, 6) is 0.438. The van der Waals surface area contributed by atoms with E-state index in [2.05, 4.69) is 149 Å². The number of hydrogen-bond donors (Lipinski definition) is 1. The zero-order valence-electron chi connectivity index (χ0n) is 28.1. The first-order chi connectivity index (χ1) is 23.2. The largest absolute Gasteiger partial charge is 0.507 e. The predicted octanol–water partition coefficient (Wildman–Crippen LogP) is 12.0. The Morgan fingerprint density at radius 3 is 1.96 bits per heavy atom. The number of benzene rings is 5. The van der Waals surface area contributed by atoms with Crippen molar-refractivity contribution >= 4 is 21.6 Å². The fraction of sp³-hybridized carbons (Fsp3) is 0.182. The molecular formula is C44H40N2OS. The van der Waals surface area contributed by atoms with E-state index in [1.165, 1.54) is 11.1 Å². The second-order valence-corrected chi connectivity index (χ2v) is 14.7.